The van der Waals surface area contributed by atoms with E-state index in [1.54, 1.807) is 6.07 Å². The van der Waals surface area contributed by atoms with Crippen LogP contribution in [-0.4, -0.2) is 5.11 Å². The smallest absolute Gasteiger partial charge is 0.115 e. The van der Waals surface area contributed by atoms with Crippen molar-refractivity contribution in [2.24, 2.45) is 0 Å². The molecular weight excluding hydrogens is 284 g/mol. The Morgan fingerprint density at radius 2 is 1.45 bits per heavy atom. The highest BCUT2D eigenvalue weighted by Crippen LogP contribution is 2.39. The van der Waals surface area contributed by atoms with Gasteiger partial charge in [0.15, 0.2) is 0 Å². The van der Waals surface area contributed by atoms with Gasteiger partial charge in [-0.3, -0.25) is 0 Å². The predicted molar refractivity (Wildman–Crippen MR) is 87.2 cm³/mol. The molecule has 3 heteroatoms. The molecule has 0 bridgehead atoms. The monoisotopic (exact) mass is 300 g/mol. The van der Waals surface area contributed by atoms with E-state index in [1.165, 1.54) is 19.5 Å². The molecule has 0 aliphatic rings. The molecule has 102 valence electrons. The van der Waals surface area contributed by atoms with Gasteiger partial charge in [-0.05, 0) is 55.8 Å². The summed E-state index contributed by atoms with van der Waals surface area (Å²) in [6, 6.07) is 16.3. The van der Waals surface area contributed by atoms with Crippen molar-refractivity contribution in [3.8, 4) is 5.75 Å². The lowest BCUT2D eigenvalue weighted by atomic mass is 9.95. The fourth-order valence-electron chi connectivity index (χ4n) is 2.39. The van der Waals surface area contributed by atoms with Crippen LogP contribution in [-0.2, 0) is 0 Å². The van der Waals surface area contributed by atoms with Crippen LogP contribution in [0.25, 0.3) is 0 Å². The summed E-state index contributed by atoms with van der Waals surface area (Å²) in [5, 5.41) is 9.77. The molecular formula is C17H16OS2. The lowest BCUT2D eigenvalue weighted by molar-refractivity contribution is 0.474. The van der Waals surface area contributed by atoms with E-state index in [0.717, 1.165) is 5.56 Å². The minimum absolute atomic E-state index is 0.222. The zero-order valence-electron chi connectivity index (χ0n) is 11.5. The maximum absolute atomic E-state index is 9.77. The molecule has 1 N–H and O–H groups in total. The molecule has 0 atom stereocenters. The maximum atomic E-state index is 9.77. The van der Waals surface area contributed by atoms with Crippen LogP contribution in [0.4, 0.5) is 0 Å². The van der Waals surface area contributed by atoms with Crippen molar-refractivity contribution < 1.29 is 5.11 Å². The van der Waals surface area contributed by atoms with Crippen molar-refractivity contribution in [1.29, 1.82) is 0 Å². The second-order valence-corrected chi connectivity index (χ2v) is 7.56. The lowest BCUT2D eigenvalue weighted by Gasteiger charge is -2.15. The van der Waals surface area contributed by atoms with Crippen molar-refractivity contribution >= 4 is 22.7 Å². The molecule has 0 radical (unpaired) electrons. The molecule has 0 spiro atoms. The fraction of sp³-hybridized carbons (Fsp3) is 0.176. The summed E-state index contributed by atoms with van der Waals surface area (Å²) in [7, 11) is 0. The molecule has 1 aromatic carbocycles. The Labute approximate surface area is 127 Å². The number of rotatable bonds is 3. The van der Waals surface area contributed by atoms with Gasteiger partial charge in [-0.25, -0.2) is 0 Å². The minimum Gasteiger partial charge on any atom is -0.508 e. The Morgan fingerprint density at radius 3 is 1.90 bits per heavy atom. The van der Waals surface area contributed by atoms with Gasteiger partial charge in [-0.15, -0.1) is 22.7 Å². The number of aromatic hydroxyl groups is 1. The second kappa shape index (κ2) is 5.43. The number of hydrogen-bond donors (Lipinski definition) is 1. The molecule has 0 saturated carbocycles. The molecule has 0 saturated heterocycles. The molecule has 20 heavy (non-hydrogen) atoms. The molecule has 0 unspecified atom stereocenters. The third-order valence-corrected chi connectivity index (χ3v) is 5.43. The lowest BCUT2D eigenvalue weighted by Crippen LogP contribution is -1.98. The number of thiophene rings is 2. The van der Waals surface area contributed by atoms with Gasteiger partial charge in [0.25, 0.3) is 0 Å². The van der Waals surface area contributed by atoms with Crippen LogP contribution in [0.15, 0.2) is 48.5 Å². The first kappa shape index (κ1) is 13.4. The molecule has 0 aliphatic carbocycles. The highest BCUT2D eigenvalue weighted by Gasteiger charge is 2.20. The van der Waals surface area contributed by atoms with Crippen LogP contribution in [0.1, 0.15) is 31.0 Å². The van der Waals surface area contributed by atoms with Gasteiger partial charge in [-0.1, -0.05) is 12.1 Å². The zero-order chi connectivity index (χ0) is 14.1. The van der Waals surface area contributed by atoms with E-state index < -0.39 is 0 Å². The largest absolute Gasteiger partial charge is 0.508 e. The number of benzene rings is 1. The molecule has 0 aliphatic heterocycles. The topological polar surface area (TPSA) is 20.2 Å². The van der Waals surface area contributed by atoms with Crippen molar-refractivity contribution in [3.05, 3.63) is 73.6 Å². The molecule has 2 aromatic heterocycles. The Hall–Kier alpha value is -1.58. The van der Waals surface area contributed by atoms with E-state index in [4.69, 9.17) is 0 Å². The predicted octanol–water partition coefficient (Wildman–Crippen LogP) is 5.31. The normalized spacial score (nSPS) is 11.2. The first-order valence-corrected chi connectivity index (χ1v) is 8.18. The average Bonchev–Trinajstić information content (AvgIpc) is 3.00. The van der Waals surface area contributed by atoms with Crippen LogP contribution >= 0.6 is 22.7 Å². The van der Waals surface area contributed by atoms with Crippen molar-refractivity contribution in [2.45, 2.75) is 19.8 Å². The van der Waals surface area contributed by atoms with Crippen LogP contribution in [0, 0.1) is 13.8 Å². The number of hydrogen-bond acceptors (Lipinski definition) is 3. The summed E-state index contributed by atoms with van der Waals surface area (Å²) in [6.45, 7) is 4.26. The fourth-order valence-corrected chi connectivity index (χ4v) is 4.51. The number of phenolic OH excluding ortho intramolecular Hbond substituents is 1. The zero-order valence-corrected chi connectivity index (χ0v) is 13.1. The van der Waals surface area contributed by atoms with Crippen molar-refractivity contribution in [2.75, 3.05) is 0 Å². The second-order valence-electron chi connectivity index (χ2n) is 4.92. The van der Waals surface area contributed by atoms with Crippen molar-refractivity contribution in [1.82, 2.24) is 0 Å². The summed E-state index contributed by atoms with van der Waals surface area (Å²) >= 11 is 3.65. The quantitative estimate of drug-likeness (QED) is 0.694. The van der Waals surface area contributed by atoms with Crippen LogP contribution in [0.5, 0.6) is 5.75 Å². The molecule has 1 nitrogen and oxygen atoms in total. The van der Waals surface area contributed by atoms with E-state index >= 15 is 0 Å². The van der Waals surface area contributed by atoms with Gasteiger partial charge in [0.2, 0.25) is 0 Å². The Kier molecular flexibility index (Phi) is 3.64. The van der Waals surface area contributed by atoms with E-state index in [9.17, 15) is 5.11 Å². The number of aryl methyl sites for hydroxylation is 2. The summed E-state index contributed by atoms with van der Waals surface area (Å²) in [5.41, 5.74) is 1.15. The minimum atomic E-state index is 0.222. The van der Waals surface area contributed by atoms with Crippen molar-refractivity contribution in [3.63, 3.8) is 0 Å². The molecule has 3 aromatic rings. The van der Waals surface area contributed by atoms with Gasteiger partial charge in [0.1, 0.15) is 5.75 Å². The van der Waals surface area contributed by atoms with E-state index in [2.05, 4.69) is 44.2 Å². The van der Waals surface area contributed by atoms with E-state index in [0.29, 0.717) is 5.75 Å². The van der Waals surface area contributed by atoms with Crippen LogP contribution in [0.3, 0.4) is 0 Å². The molecule has 0 fully saturated rings. The highest BCUT2D eigenvalue weighted by molar-refractivity contribution is 7.13. The summed E-state index contributed by atoms with van der Waals surface area (Å²) in [4.78, 5) is 5.29. The molecule has 0 amide bonds. The first-order valence-electron chi connectivity index (χ1n) is 6.55. The SMILES string of the molecule is Cc1ccc(C(c2cccc(O)c2)c2ccc(C)s2)s1. The van der Waals surface area contributed by atoms with Gasteiger partial charge in [0, 0.05) is 19.5 Å². The highest BCUT2D eigenvalue weighted by atomic mass is 32.1. The van der Waals surface area contributed by atoms with Gasteiger partial charge in [0.05, 0.1) is 5.92 Å². The standard InChI is InChI=1S/C17H16OS2/c1-11-6-8-15(19-11)17(16-9-7-12(2)20-16)13-4-3-5-14(18)10-13/h3-10,17-18H,1-2H3. The van der Waals surface area contributed by atoms with E-state index in [1.807, 2.05) is 34.8 Å². The van der Waals surface area contributed by atoms with Crippen LogP contribution in [0.2, 0.25) is 0 Å². The first-order chi connectivity index (χ1) is 9.63. The third kappa shape index (κ3) is 2.65. The van der Waals surface area contributed by atoms with Crippen LogP contribution < -0.4 is 0 Å². The summed E-state index contributed by atoms with van der Waals surface area (Å²) in [5.74, 6) is 0.550. The van der Waals surface area contributed by atoms with E-state index in [-0.39, 0.29) is 5.92 Å². The van der Waals surface area contributed by atoms with Gasteiger partial charge < -0.3 is 5.11 Å². The molecule has 3 rings (SSSR count). The molecule has 2 heterocycles. The average molecular weight is 300 g/mol. The van der Waals surface area contributed by atoms with Gasteiger partial charge >= 0.3 is 0 Å². The summed E-state index contributed by atoms with van der Waals surface area (Å²) < 4.78 is 0. The maximum Gasteiger partial charge on any atom is 0.115 e. The Bertz CT molecular complexity index is 684. The van der Waals surface area contributed by atoms with Gasteiger partial charge in [-0.2, -0.15) is 0 Å². The summed E-state index contributed by atoms with van der Waals surface area (Å²) in [6.07, 6.45) is 0. The Morgan fingerprint density at radius 1 is 0.850 bits per heavy atom. The third-order valence-electron chi connectivity index (χ3n) is 3.29. The Balaban J connectivity index is 2.13. The number of phenols is 1.